The molecule has 0 aliphatic heterocycles. The van der Waals surface area contributed by atoms with Crippen LogP contribution in [0.2, 0.25) is 0 Å². The van der Waals surface area contributed by atoms with E-state index in [9.17, 15) is 4.39 Å². The Hall–Kier alpha value is -2.28. The van der Waals surface area contributed by atoms with Crippen LogP contribution < -0.4 is 14.8 Å². The van der Waals surface area contributed by atoms with Gasteiger partial charge in [0, 0.05) is 17.8 Å². The summed E-state index contributed by atoms with van der Waals surface area (Å²) in [5.74, 6) is 1.05. The van der Waals surface area contributed by atoms with Crippen LogP contribution in [0.1, 0.15) is 29.2 Å². The number of hydrogen-bond acceptors (Lipinski definition) is 3. The van der Waals surface area contributed by atoms with E-state index in [0.29, 0.717) is 30.2 Å². The second-order valence-corrected chi connectivity index (χ2v) is 8.05. The molecule has 0 bridgehead atoms. The lowest BCUT2D eigenvalue weighted by Gasteiger charge is -2.17. The number of hydrogen-bond donors (Lipinski definition) is 1. The van der Waals surface area contributed by atoms with Crippen molar-refractivity contribution in [1.29, 1.82) is 0 Å². The Kier molecular flexibility index (Phi) is 7.36. The number of anilines is 1. The van der Waals surface area contributed by atoms with E-state index < -0.39 is 0 Å². The third-order valence-electron chi connectivity index (χ3n) is 4.56. The first-order chi connectivity index (χ1) is 14.0. The Morgan fingerprint density at radius 1 is 1.00 bits per heavy atom. The average Bonchev–Trinajstić information content (AvgIpc) is 2.68. The summed E-state index contributed by atoms with van der Waals surface area (Å²) in [6, 6.07) is 17.1. The van der Waals surface area contributed by atoms with Crippen molar-refractivity contribution in [2.75, 3.05) is 11.9 Å². The zero-order chi connectivity index (χ0) is 20.8. The van der Waals surface area contributed by atoms with E-state index in [-0.39, 0.29) is 12.4 Å². The number of ether oxygens (including phenoxy) is 2. The predicted octanol–water partition coefficient (Wildman–Crippen LogP) is 6.64. The molecule has 0 saturated carbocycles. The molecule has 0 amide bonds. The molecule has 3 rings (SSSR count). The van der Waals surface area contributed by atoms with Crippen LogP contribution in [-0.2, 0) is 13.2 Å². The standard InChI is InChI=1S/C24H25FINO2/c1-4-28-23-13-18(14-27-22-10-9-16(2)11-17(22)3)12-21(26)24(23)29-15-19-7-5-6-8-20(19)25/h5-13,27H,4,14-15H2,1-3H3. The molecule has 0 atom stereocenters. The van der Waals surface area contributed by atoms with Gasteiger partial charge >= 0.3 is 0 Å². The van der Waals surface area contributed by atoms with Crippen molar-refractivity contribution in [1.82, 2.24) is 0 Å². The van der Waals surface area contributed by atoms with Gasteiger partial charge in [0.2, 0.25) is 0 Å². The lowest BCUT2D eigenvalue weighted by atomic mass is 10.1. The molecule has 3 aromatic carbocycles. The van der Waals surface area contributed by atoms with Crippen LogP contribution in [-0.4, -0.2) is 6.61 Å². The van der Waals surface area contributed by atoms with Gasteiger partial charge in [-0.3, -0.25) is 0 Å². The van der Waals surface area contributed by atoms with E-state index in [0.717, 1.165) is 14.8 Å². The molecule has 0 radical (unpaired) electrons. The van der Waals surface area contributed by atoms with Gasteiger partial charge in [-0.1, -0.05) is 35.9 Å². The number of halogens is 2. The highest BCUT2D eigenvalue weighted by atomic mass is 127. The lowest BCUT2D eigenvalue weighted by Crippen LogP contribution is -2.06. The molecule has 0 saturated heterocycles. The van der Waals surface area contributed by atoms with Gasteiger partial charge in [-0.15, -0.1) is 0 Å². The smallest absolute Gasteiger partial charge is 0.174 e. The van der Waals surface area contributed by atoms with Crippen molar-refractivity contribution in [2.24, 2.45) is 0 Å². The van der Waals surface area contributed by atoms with Crippen LogP contribution in [0.5, 0.6) is 11.5 Å². The molecule has 3 aromatic rings. The molecule has 29 heavy (non-hydrogen) atoms. The van der Waals surface area contributed by atoms with Gasteiger partial charge in [-0.05, 0) is 78.8 Å². The number of aryl methyl sites for hydroxylation is 2. The Morgan fingerprint density at radius 2 is 1.79 bits per heavy atom. The molecular weight excluding hydrogens is 480 g/mol. The molecule has 3 nitrogen and oxygen atoms in total. The molecular formula is C24H25FINO2. The summed E-state index contributed by atoms with van der Waals surface area (Å²) in [6.45, 7) is 7.49. The van der Waals surface area contributed by atoms with E-state index >= 15 is 0 Å². The van der Waals surface area contributed by atoms with Gasteiger partial charge in [0.25, 0.3) is 0 Å². The van der Waals surface area contributed by atoms with Gasteiger partial charge in [0.05, 0.1) is 10.2 Å². The normalized spacial score (nSPS) is 10.7. The van der Waals surface area contributed by atoms with Crippen molar-refractivity contribution < 1.29 is 13.9 Å². The molecule has 1 N–H and O–H groups in total. The van der Waals surface area contributed by atoms with Crippen LogP contribution in [0.15, 0.2) is 54.6 Å². The topological polar surface area (TPSA) is 30.5 Å². The Morgan fingerprint density at radius 3 is 2.52 bits per heavy atom. The van der Waals surface area contributed by atoms with Gasteiger partial charge in [-0.2, -0.15) is 0 Å². The number of nitrogens with one attached hydrogen (secondary N) is 1. The first-order valence-corrected chi connectivity index (χ1v) is 10.7. The minimum Gasteiger partial charge on any atom is -0.490 e. The third kappa shape index (κ3) is 5.63. The molecule has 0 aliphatic carbocycles. The second kappa shape index (κ2) is 9.96. The summed E-state index contributed by atoms with van der Waals surface area (Å²) < 4.78 is 26.6. The maximum atomic E-state index is 13.9. The van der Waals surface area contributed by atoms with Crippen molar-refractivity contribution in [3.05, 3.63) is 86.2 Å². The number of rotatable bonds is 8. The first-order valence-electron chi connectivity index (χ1n) is 9.60. The van der Waals surface area contributed by atoms with Gasteiger partial charge in [0.1, 0.15) is 12.4 Å². The maximum Gasteiger partial charge on any atom is 0.174 e. The highest BCUT2D eigenvalue weighted by Gasteiger charge is 2.14. The molecule has 0 unspecified atom stereocenters. The van der Waals surface area contributed by atoms with Crippen molar-refractivity contribution in [3.63, 3.8) is 0 Å². The van der Waals surface area contributed by atoms with E-state index in [1.54, 1.807) is 18.2 Å². The largest absolute Gasteiger partial charge is 0.490 e. The summed E-state index contributed by atoms with van der Waals surface area (Å²) in [5, 5.41) is 3.49. The summed E-state index contributed by atoms with van der Waals surface area (Å²) in [6.07, 6.45) is 0. The average molecular weight is 505 g/mol. The zero-order valence-electron chi connectivity index (χ0n) is 16.9. The quantitative estimate of drug-likeness (QED) is 0.349. The fourth-order valence-electron chi connectivity index (χ4n) is 3.10. The highest BCUT2D eigenvalue weighted by Crippen LogP contribution is 2.35. The van der Waals surface area contributed by atoms with Crippen LogP contribution >= 0.6 is 22.6 Å². The zero-order valence-corrected chi connectivity index (χ0v) is 19.0. The van der Waals surface area contributed by atoms with Gasteiger partial charge < -0.3 is 14.8 Å². The van der Waals surface area contributed by atoms with Crippen molar-refractivity contribution in [3.8, 4) is 11.5 Å². The third-order valence-corrected chi connectivity index (χ3v) is 5.37. The minimum absolute atomic E-state index is 0.156. The maximum absolute atomic E-state index is 13.9. The Labute approximate surface area is 185 Å². The molecule has 0 heterocycles. The minimum atomic E-state index is -0.269. The molecule has 0 aliphatic rings. The summed E-state index contributed by atoms with van der Waals surface area (Å²) in [5.41, 5.74) is 5.19. The fourth-order valence-corrected chi connectivity index (χ4v) is 3.92. The summed E-state index contributed by atoms with van der Waals surface area (Å²) in [4.78, 5) is 0. The van der Waals surface area contributed by atoms with E-state index in [1.165, 1.54) is 17.2 Å². The fraction of sp³-hybridized carbons (Fsp3) is 0.250. The van der Waals surface area contributed by atoms with Crippen LogP contribution in [0.4, 0.5) is 10.1 Å². The SMILES string of the molecule is CCOc1cc(CNc2ccc(C)cc2C)cc(I)c1OCc1ccccc1F. The molecule has 152 valence electrons. The summed E-state index contributed by atoms with van der Waals surface area (Å²) >= 11 is 2.24. The molecule has 0 spiro atoms. The van der Waals surface area contributed by atoms with Crippen LogP contribution in [0.25, 0.3) is 0 Å². The Balaban J connectivity index is 1.77. The first kappa shape index (κ1) is 21.4. The van der Waals surface area contributed by atoms with E-state index in [2.05, 4.69) is 66.0 Å². The predicted molar refractivity (Wildman–Crippen MR) is 124 cm³/mol. The number of benzene rings is 3. The molecule has 5 heteroatoms. The monoisotopic (exact) mass is 505 g/mol. The summed E-state index contributed by atoms with van der Waals surface area (Å²) in [7, 11) is 0. The second-order valence-electron chi connectivity index (χ2n) is 6.89. The Bertz CT molecular complexity index is 991. The van der Waals surface area contributed by atoms with E-state index in [4.69, 9.17) is 9.47 Å². The van der Waals surface area contributed by atoms with E-state index in [1.807, 2.05) is 13.0 Å². The van der Waals surface area contributed by atoms with Gasteiger partial charge in [0.15, 0.2) is 11.5 Å². The van der Waals surface area contributed by atoms with Crippen LogP contribution in [0, 0.1) is 23.2 Å². The molecule has 0 fully saturated rings. The molecule has 0 aromatic heterocycles. The van der Waals surface area contributed by atoms with Crippen LogP contribution in [0.3, 0.4) is 0 Å². The van der Waals surface area contributed by atoms with Crippen molar-refractivity contribution in [2.45, 2.75) is 33.9 Å². The van der Waals surface area contributed by atoms with Gasteiger partial charge in [-0.25, -0.2) is 4.39 Å². The highest BCUT2D eigenvalue weighted by molar-refractivity contribution is 14.1. The van der Waals surface area contributed by atoms with Crippen molar-refractivity contribution >= 4 is 28.3 Å². The lowest BCUT2D eigenvalue weighted by molar-refractivity contribution is 0.264.